The zero-order chi connectivity index (χ0) is 14.8. The molecular weight excluding hydrogens is 248 g/mol. The molecule has 1 rings (SSSR count). The zero-order valence-electron chi connectivity index (χ0n) is 13.5. The lowest BCUT2D eigenvalue weighted by Crippen LogP contribution is -2.06. The maximum atomic E-state index is 5.80. The minimum Gasteiger partial charge on any atom is -0.494 e. The van der Waals surface area contributed by atoms with E-state index in [1.807, 2.05) is 0 Å². The second-order valence-corrected chi connectivity index (χ2v) is 6.10. The third-order valence-electron chi connectivity index (χ3n) is 3.63. The second kappa shape index (κ2) is 9.82. The standard InChI is InChI=1S/C18H30O2/c1-15(2)5-6-17-7-9-18(10-8-17)20-14-12-16(3)11-13-19-4/h7-10,15-16H,5-6,11-14H2,1-4H3. The number of benzene rings is 1. The highest BCUT2D eigenvalue weighted by Gasteiger charge is 2.03. The van der Waals surface area contributed by atoms with Gasteiger partial charge in [-0.05, 0) is 55.2 Å². The molecule has 1 aromatic carbocycles. The van der Waals surface area contributed by atoms with E-state index < -0.39 is 0 Å². The molecule has 0 saturated heterocycles. The average molecular weight is 278 g/mol. The highest BCUT2D eigenvalue weighted by molar-refractivity contribution is 5.27. The highest BCUT2D eigenvalue weighted by Crippen LogP contribution is 2.16. The van der Waals surface area contributed by atoms with Crippen LogP contribution in [0, 0.1) is 11.8 Å². The van der Waals surface area contributed by atoms with E-state index >= 15 is 0 Å². The van der Waals surface area contributed by atoms with Crippen molar-refractivity contribution in [3.8, 4) is 5.75 Å². The molecule has 0 bridgehead atoms. The van der Waals surface area contributed by atoms with E-state index in [1.165, 1.54) is 12.0 Å². The summed E-state index contributed by atoms with van der Waals surface area (Å²) in [6.45, 7) is 8.41. The summed E-state index contributed by atoms with van der Waals surface area (Å²) in [5.74, 6) is 2.40. The van der Waals surface area contributed by atoms with Crippen LogP contribution in [0.2, 0.25) is 0 Å². The van der Waals surface area contributed by atoms with E-state index in [1.54, 1.807) is 7.11 Å². The Kier molecular flexibility index (Phi) is 8.36. The smallest absolute Gasteiger partial charge is 0.119 e. The molecule has 1 aromatic rings. The quantitative estimate of drug-likeness (QED) is 0.616. The van der Waals surface area contributed by atoms with E-state index in [9.17, 15) is 0 Å². The van der Waals surface area contributed by atoms with Gasteiger partial charge in [0.15, 0.2) is 0 Å². The van der Waals surface area contributed by atoms with Gasteiger partial charge in [-0.3, -0.25) is 0 Å². The van der Waals surface area contributed by atoms with Crippen LogP contribution in [0.5, 0.6) is 5.75 Å². The number of rotatable bonds is 10. The van der Waals surface area contributed by atoms with Crippen molar-refractivity contribution in [2.45, 2.75) is 46.5 Å². The predicted octanol–water partition coefficient (Wildman–Crippen LogP) is 4.72. The Morgan fingerprint density at radius 3 is 2.15 bits per heavy atom. The van der Waals surface area contributed by atoms with Gasteiger partial charge in [-0.1, -0.05) is 32.9 Å². The van der Waals surface area contributed by atoms with Crippen molar-refractivity contribution in [1.82, 2.24) is 0 Å². The van der Waals surface area contributed by atoms with Crippen molar-refractivity contribution in [3.05, 3.63) is 29.8 Å². The molecule has 0 spiro atoms. The monoisotopic (exact) mass is 278 g/mol. The Balaban J connectivity index is 2.24. The van der Waals surface area contributed by atoms with Gasteiger partial charge in [-0.25, -0.2) is 0 Å². The summed E-state index contributed by atoms with van der Waals surface area (Å²) in [6, 6.07) is 8.56. The number of ether oxygens (including phenoxy) is 2. The maximum absolute atomic E-state index is 5.80. The van der Waals surface area contributed by atoms with Crippen molar-refractivity contribution in [2.24, 2.45) is 11.8 Å². The normalized spacial score (nSPS) is 12.7. The molecule has 0 amide bonds. The molecule has 0 aliphatic heterocycles. The Labute approximate surface area is 124 Å². The Hall–Kier alpha value is -1.02. The minimum atomic E-state index is 0.653. The van der Waals surface area contributed by atoms with Crippen LogP contribution >= 0.6 is 0 Å². The number of methoxy groups -OCH3 is 1. The molecule has 20 heavy (non-hydrogen) atoms. The van der Waals surface area contributed by atoms with Gasteiger partial charge < -0.3 is 9.47 Å². The third kappa shape index (κ3) is 7.54. The van der Waals surface area contributed by atoms with Crippen LogP contribution < -0.4 is 4.74 Å². The molecule has 2 nitrogen and oxygen atoms in total. The molecule has 0 heterocycles. The van der Waals surface area contributed by atoms with Crippen LogP contribution in [0.3, 0.4) is 0 Å². The molecule has 2 heteroatoms. The topological polar surface area (TPSA) is 18.5 Å². The first-order valence-electron chi connectivity index (χ1n) is 7.82. The fourth-order valence-electron chi connectivity index (χ4n) is 2.05. The van der Waals surface area contributed by atoms with Crippen LogP contribution in [0.1, 0.15) is 45.6 Å². The molecule has 0 aliphatic carbocycles. The van der Waals surface area contributed by atoms with Crippen molar-refractivity contribution >= 4 is 0 Å². The van der Waals surface area contributed by atoms with Gasteiger partial charge >= 0.3 is 0 Å². The van der Waals surface area contributed by atoms with Gasteiger partial charge in [-0.15, -0.1) is 0 Å². The molecule has 1 atom stereocenters. The summed E-state index contributed by atoms with van der Waals surface area (Å²) in [5.41, 5.74) is 1.40. The molecule has 0 fully saturated rings. The zero-order valence-corrected chi connectivity index (χ0v) is 13.5. The summed E-state index contributed by atoms with van der Waals surface area (Å²) in [7, 11) is 1.75. The number of hydrogen-bond acceptors (Lipinski definition) is 2. The van der Waals surface area contributed by atoms with Gasteiger partial charge in [0, 0.05) is 13.7 Å². The number of aryl methyl sites for hydroxylation is 1. The molecule has 0 saturated carbocycles. The van der Waals surface area contributed by atoms with E-state index in [2.05, 4.69) is 45.0 Å². The first kappa shape index (κ1) is 17.0. The van der Waals surface area contributed by atoms with Crippen LogP contribution in [0.25, 0.3) is 0 Å². The molecule has 0 radical (unpaired) electrons. The lowest BCUT2D eigenvalue weighted by molar-refractivity contribution is 0.172. The molecule has 1 unspecified atom stereocenters. The number of hydrogen-bond donors (Lipinski definition) is 0. The van der Waals surface area contributed by atoms with Crippen molar-refractivity contribution < 1.29 is 9.47 Å². The minimum absolute atomic E-state index is 0.653. The summed E-state index contributed by atoms with van der Waals surface area (Å²) in [6.07, 6.45) is 4.59. The van der Waals surface area contributed by atoms with Crippen LogP contribution in [0.15, 0.2) is 24.3 Å². The molecule has 0 N–H and O–H groups in total. The summed E-state index contributed by atoms with van der Waals surface area (Å²) in [5, 5.41) is 0. The first-order chi connectivity index (χ1) is 9.61. The predicted molar refractivity (Wildman–Crippen MR) is 85.4 cm³/mol. The Bertz CT molecular complexity index is 343. The molecule has 0 aromatic heterocycles. The van der Waals surface area contributed by atoms with Crippen LogP contribution in [-0.2, 0) is 11.2 Å². The molecule has 0 aliphatic rings. The summed E-state index contributed by atoms with van der Waals surface area (Å²) < 4.78 is 10.9. The van der Waals surface area contributed by atoms with Gasteiger partial charge in [-0.2, -0.15) is 0 Å². The van der Waals surface area contributed by atoms with Crippen molar-refractivity contribution in [3.63, 3.8) is 0 Å². The third-order valence-corrected chi connectivity index (χ3v) is 3.63. The van der Waals surface area contributed by atoms with Gasteiger partial charge in [0.05, 0.1) is 6.61 Å². The Morgan fingerprint density at radius 1 is 0.900 bits per heavy atom. The average Bonchev–Trinajstić information content (AvgIpc) is 2.44. The second-order valence-electron chi connectivity index (χ2n) is 6.10. The summed E-state index contributed by atoms with van der Waals surface area (Å²) in [4.78, 5) is 0. The van der Waals surface area contributed by atoms with E-state index in [-0.39, 0.29) is 0 Å². The highest BCUT2D eigenvalue weighted by atomic mass is 16.5. The van der Waals surface area contributed by atoms with E-state index in [0.717, 1.165) is 44.1 Å². The fraction of sp³-hybridized carbons (Fsp3) is 0.667. The van der Waals surface area contributed by atoms with E-state index in [4.69, 9.17) is 9.47 Å². The molecular formula is C18H30O2. The first-order valence-corrected chi connectivity index (χ1v) is 7.82. The largest absolute Gasteiger partial charge is 0.494 e. The van der Waals surface area contributed by atoms with Crippen LogP contribution in [-0.4, -0.2) is 20.3 Å². The lowest BCUT2D eigenvalue weighted by atomic mass is 10.0. The maximum Gasteiger partial charge on any atom is 0.119 e. The van der Waals surface area contributed by atoms with Crippen LogP contribution in [0.4, 0.5) is 0 Å². The van der Waals surface area contributed by atoms with Crippen molar-refractivity contribution in [1.29, 1.82) is 0 Å². The lowest BCUT2D eigenvalue weighted by Gasteiger charge is -2.12. The molecule has 114 valence electrons. The Morgan fingerprint density at radius 2 is 1.55 bits per heavy atom. The van der Waals surface area contributed by atoms with E-state index in [0.29, 0.717) is 5.92 Å². The van der Waals surface area contributed by atoms with Gasteiger partial charge in [0.1, 0.15) is 5.75 Å². The van der Waals surface area contributed by atoms with Gasteiger partial charge in [0.2, 0.25) is 0 Å². The summed E-state index contributed by atoms with van der Waals surface area (Å²) >= 11 is 0. The fourth-order valence-corrected chi connectivity index (χ4v) is 2.05. The van der Waals surface area contributed by atoms with Crippen molar-refractivity contribution in [2.75, 3.05) is 20.3 Å². The van der Waals surface area contributed by atoms with Gasteiger partial charge in [0.25, 0.3) is 0 Å². The SMILES string of the molecule is COCCC(C)CCOc1ccc(CCC(C)C)cc1.